The van der Waals surface area contributed by atoms with Gasteiger partial charge in [0.05, 0.1) is 56.9 Å². The zero-order chi connectivity index (χ0) is 51.5. The van der Waals surface area contributed by atoms with E-state index in [0.29, 0.717) is 39.5 Å². The Morgan fingerprint density at radius 1 is 0.403 bits per heavy atom. The van der Waals surface area contributed by atoms with Gasteiger partial charge in [0, 0.05) is 30.3 Å². The number of hydrogen-bond acceptors (Lipinski definition) is 6. The predicted molar refractivity (Wildman–Crippen MR) is 300 cm³/mol. The van der Waals surface area contributed by atoms with E-state index in [9.17, 15) is 5.11 Å². The van der Waals surface area contributed by atoms with Gasteiger partial charge in [0.2, 0.25) is 0 Å². The normalized spacial score (nSPS) is 16.9. The number of aliphatic hydroxyl groups is 1. The maximum absolute atomic E-state index is 11.4. The monoisotopic (exact) mass is 991 g/mol. The fourth-order valence-corrected chi connectivity index (χ4v) is 16.0. The molecule has 0 saturated carbocycles. The van der Waals surface area contributed by atoms with Crippen LogP contribution in [0.2, 0.25) is 5.04 Å². The number of benzene rings is 6. The van der Waals surface area contributed by atoms with Gasteiger partial charge < -0.3 is 28.5 Å². The summed E-state index contributed by atoms with van der Waals surface area (Å²) in [5, 5.41) is 13.8. The first-order valence-corrected chi connectivity index (χ1v) is 28.7. The molecule has 1 N–H and O–H groups in total. The molecule has 0 saturated heterocycles. The minimum atomic E-state index is -2.85. The highest BCUT2D eigenvalue weighted by Gasteiger charge is 2.51. The number of ether oxygens (including phenoxy) is 4. The molecule has 386 valence electrons. The Hall–Kier alpha value is -4.70. The zero-order valence-corrected chi connectivity index (χ0v) is 46.1. The van der Waals surface area contributed by atoms with Crippen molar-refractivity contribution in [2.45, 2.75) is 144 Å². The van der Waals surface area contributed by atoms with Crippen LogP contribution in [0.3, 0.4) is 0 Å². The van der Waals surface area contributed by atoms with Gasteiger partial charge in [-0.2, -0.15) is 0 Å². The summed E-state index contributed by atoms with van der Waals surface area (Å²) in [7, 11) is -2.85. The van der Waals surface area contributed by atoms with Crippen molar-refractivity contribution in [3.63, 3.8) is 0 Å². The highest BCUT2D eigenvalue weighted by Crippen LogP contribution is 2.39. The van der Waals surface area contributed by atoms with Crippen molar-refractivity contribution >= 4 is 18.7 Å². The highest BCUT2D eigenvalue weighted by molar-refractivity contribution is 6.99. The Bertz CT molecular complexity index is 2320. The Labute approximate surface area is 435 Å². The summed E-state index contributed by atoms with van der Waals surface area (Å²) in [6, 6.07) is 63.7. The quantitative estimate of drug-likeness (QED) is 0.0472. The Morgan fingerprint density at radius 2 is 0.694 bits per heavy atom. The second-order valence-electron chi connectivity index (χ2n) is 21.7. The summed E-state index contributed by atoms with van der Waals surface area (Å²) in [6.07, 6.45) is 0.141. The van der Waals surface area contributed by atoms with E-state index in [1.165, 1.54) is 10.4 Å². The van der Waals surface area contributed by atoms with E-state index >= 15 is 0 Å². The third-order valence-corrected chi connectivity index (χ3v) is 20.2. The lowest BCUT2D eigenvalue weighted by atomic mass is 9.76. The van der Waals surface area contributed by atoms with Crippen molar-refractivity contribution in [3.8, 4) is 0 Å². The molecule has 6 aromatic rings. The molecule has 6 rings (SSSR count). The minimum absolute atomic E-state index is 0.00814. The van der Waals surface area contributed by atoms with Crippen molar-refractivity contribution in [2.75, 3.05) is 6.61 Å². The lowest BCUT2D eigenvalue weighted by molar-refractivity contribution is -0.132. The molecule has 0 fully saturated rings. The summed E-state index contributed by atoms with van der Waals surface area (Å²) < 4.78 is 36.1. The van der Waals surface area contributed by atoms with Crippen molar-refractivity contribution in [3.05, 3.63) is 204 Å². The van der Waals surface area contributed by atoms with Crippen LogP contribution in [-0.2, 0) is 49.8 Å². The molecule has 11 atom stereocenters. The molecule has 0 bridgehead atoms. The standard InChI is InChI=1S/C65H86O6Si/c1-11-60(66)51(5)64(70-47-57-36-24-15-25-37-57)53(7)62(68-45-55-32-20-13-21-33-55)49(3)42-48(2)61(67-44-54-30-18-12-19-31-54)52(6)63(69-46-56-34-22-14-23-35-56)50(4)43-71-72(65(8,9)10,58-38-26-16-27-39-58)59-40-28-17-29-41-59/h12-41,48-53,60-64,66H,11,42-47H2,1-10H3/t48-,49+,50-,51-,52+,53-,60+,61-,62-,63+,64-/m1/s1. The van der Waals surface area contributed by atoms with Gasteiger partial charge >= 0.3 is 0 Å². The van der Waals surface area contributed by atoms with Crippen LogP contribution < -0.4 is 10.4 Å². The van der Waals surface area contributed by atoms with Crippen LogP contribution in [0.5, 0.6) is 0 Å². The van der Waals surface area contributed by atoms with Crippen LogP contribution in [-0.4, -0.2) is 50.6 Å². The molecule has 0 amide bonds. The van der Waals surface area contributed by atoms with Crippen LogP contribution in [0.15, 0.2) is 182 Å². The Kier molecular flexibility index (Phi) is 22.1. The average Bonchev–Trinajstić information content (AvgIpc) is 3.40. The van der Waals surface area contributed by atoms with Gasteiger partial charge in [0.25, 0.3) is 8.32 Å². The van der Waals surface area contributed by atoms with E-state index in [2.05, 4.69) is 232 Å². The molecule has 0 aliphatic rings. The third-order valence-electron chi connectivity index (χ3n) is 15.2. The molecule has 0 radical (unpaired) electrons. The molecule has 6 nitrogen and oxygen atoms in total. The van der Waals surface area contributed by atoms with Gasteiger partial charge in [-0.25, -0.2) is 0 Å². The lowest BCUT2D eigenvalue weighted by Crippen LogP contribution is -2.67. The van der Waals surface area contributed by atoms with E-state index in [1.54, 1.807) is 0 Å². The van der Waals surface area contributed by atoms with Crippen LogP contribution in [0, 0.1) is 35.5 Å². The number of rotatable bonds is 29. The molecule has 0 heterocycles. The van der Waals surface area contributed by atoms with E-state index in [-0.39, 0.29) is 65.0 Å². The second kappa shape index (κ2) is 28.1. The molecule has 7 heteroatoms. The van der Waals surface area contributed by atoms with Crippen molar-refractivity contribution in [2.24, 2.45) is 35.5 Å². The minimum Gasteiger partial charge on any atom is -0.407 e. The van der Waals surface area contributed by atoms with Crippen LogP contribution in [0.25, 0.3) is 0 Å². The molecular weight excluding hydrogens is 905 g/mol. The fraction of sp³-hybridized carbons (Fsp3) is 0.446. The maximum atomic E-state index is 11.4. The molecule has 0 aromatic heterocycles. The molecule has 0 unspecified atom stereocenters. The fourth-order valence-electron chi connectivity index (χ4n) is 11.3. The summed E-state index contributed by atoms with van der Waals surface area (Å²) >= 11 is 0. The van der Waals surface area contributed by atoms with E-state index < -0.39 is 14.4 Å². The van der Waals surface area contributed by atoms with Crippen molar-refractivity contribution in [1.82, 2.24) is 0 Å². The van der Waals surface area contributed by atoms with Gasteiger partial charge in [-0.15, -0.1) is 0 Å². The Balaban J connectivity index is 1.34. The van der Waals surface area contributed by atoms with Gasteiger partial charge in [-0.05, 0) is 62.3 Å². The lowest BCUT2D eigenvalue weighted by Gasteiger charge is -2.45. The Morgan fingerprint density at radius 3 is 1.01 bits per heavy atom. The number of aliphatic hydroxyl groups excluding tert-OH is 1. The first kappa shape index (κ1) is 56.6. The molecule has 0 aliphatic carbocycles. The van der Waals surface area contributed by atoms with Crippen molar-refractivity contribution in [1.29, 1.82) is 0 Å². The largest absolute Gasteiger partial charge is 0.407 e. The van der Waals surface area contributed by atoms with Gasteiger partial charge in [-0.3, -0.25) is 0 Å². The SMILES string of the molecule is CC[C@H](O)[C@@H](C)[C@@H](OCc1ccccc1)[C@H](C)[C@H](OCc1ccccc1)[C@@H](C)C[C@@H](C)[C@@H](OCc1ccccc1)[C@H](C)[C@@H](OCc1ccccc1)[C@H](C)CO[Si](c1ccccc1)(c1ccccc1)C(C)(C)C. The molecule has 0 spiro atoms. The second-order valence-corrected chi connectivity index (χ2v) is 26.0. The van der Waals surface area contributed by atoms with E-state index in [0.717, 1.165) is 28.7 Å². The molecule has 6 aromatic carbocycles. The third kappa shape index (κ3) is 15.4. The van der Waals surface area contributed by atoms with E-state index in [1.807, 2.05) is 19.1 Å². The van der Waals surface area contributed by atoms with Gasteiger partial charge in [0.15, 0.2) is 0 Å². The van der Waals surface area contributed by atoms with Crippen LogP contribution in [0.4, 0.5) is 0 Å². The van der Waals surface area contributed by atoms with Gasteiger partial charge in [-0.1, -0.05) is 251 Å². The number of hydrogen-bond donors (Lipinski definition) is 1. The first-order chi connectivity index (χ1) is 34.7. The van der Waals surface area contributed by atoms with Crippen molar-refractivity contribution < 1.29 is 28.5 Å². The van der Waals surface area contributed by atoms with Crippen LogP contribution >= 0.6 is 0 Å². The average molecular weight is 991 g/mol. The predicted octanol–water partition coefficient (Wildman–Crippen LogP) is 13.9. The smallest absolute Gasteiger partial charge is 0.261 e. The van der Waals surface area contributed by atoms with Crippen LogP contribution in [0.1, 0.15) is 104 Å². The first-order valence-electron chi connectivity index (χ1n) is 26.8. The summed E-state index contributed by atoms with van der Waals surface area (Å²) in [5.74, 6) is 0.0237. The highest BCUT2D eigenvalue weighted by atomic mass is 28.4. The molecular formula is C65H86O6Si. The topological polar surface area (TPSA) is 66.4 Å². The van der Waals surface area contributed by atoms with Gasteiger partial charge in [0.1, 0.15) is 0 Å². The molecule has 72 heavy (non-hydrogen) atoms. The zero-order valence-electron chi connectivity index (χ0n) is 45.1. The molecule has 0 aliphatic heterocycles. The summed E-state index contributed by atoms with van der Waals surface area (Å²) in [5.41, 5.74) is 4.51. The van der Waals surface area contributed by atoms with E-state index in [4.69, 9.17) is 23.4 Å². The summed E-state index contributed by atoms with van der Waals surface area (Å²) in [4.78, 5) is 0. The maximum Gasteiger partial charge on any atom is 0.261 e. The summed E-state index contributed by atoms with van der Waals surface area (Å²) in [6.45, 7) is 25.2.